The Labute approximate surface area is 108 Å². The first-order chi connectivity index (χ1) is 8.22. The molecule has 0 saturated heterocycles. The van der Waals surface area contributed by atoms with Crippen LogP contribution in [0.3, 0.4) is 0 Å². The third-order valence-electron chi connectivity index (χ3n) is 2.93. The Kier molecular flexibility index (Phi) is 3.70. The molecule has 2 aromatic rings. The zero-order chi connectivity index (χ0) is 12.3. The topological polar surface area (TPSA) is 3.24 Å². The Balaban J connectivity index is 2.54. The molecule has 0 amide bonds. The van der Waals surface area contributed by atoms with E-state index in [1.54, 1.807) is 0 Å². The van der Waals surface area contributed by atoms with Crippen molar-refractivity contribution in [3.63, 3.8) is 0 Å². The van der Waals surface area contributed by atoms with E-state index in [2.05, 4.69) is 49.2 Å². The first-order valence-corrected chi connectivity index (χ1v) is 6.16. The summed E-state index contributed by atoms with van der Waals surface area (Å²) >= 11 is 6.08. The zero-order valence-electron chi connectivity index (χ0n) is 10.2. The molecular weight excluding hydrogens is 230 g/mol. The molecule has 0 unspecified atom stereocenters. The lowest BCUT2D eigenvalue weighted by molar-refractivity contribution is 0.969. The molecular formula is C15H16ClN. The maximum Gasteiger partial charge on any atom is 0.0458 e. The molecule has 0 heterocycles. The molecule has 2 heteroatoms. The number of halogens is 1. The van der Waals surface area contributed by atoms with Crippen LogP contribution in [0.1, 0.15) is 6.92 Å². The van der Waals surface area contributed by atoms with Crippen molar-refractivity contribution in [1.82, 2.24) is 0 Å². The molecule has 0 atom stereocenters. The molecule has 88 valence electrons. The lowest BCUT2D eigenvalue weighted by atomic mass is 10.0. The zero-order valence-corrected chi connectivity index (χ0v) is 10.9. The van der Waals surface area contributed by atoms with E-state index in [1.165, 1.54) is 16.8 Å². The molecule has 1 nitrogen and oxygen atoms in total. The van der Waals surface area contributed by atoms with E-state index in [1.807, 2.05) is 18.2 Å². The van der Waals surface area contributed by atoms with Gasteiger partial charge in [-0.05, 0) is 24.6 Å². The van der Waals surface area contributed by atoms with Crippen LogP contribution in [0.25, 0.3) is 11.1 Å². The molecule has 0 spiro atoms. The number of rotatable bonds is 3. The van der Waals surface area contributed by atoms with E-state index in [0.717, 1.165) is 11.6 Å². The van der Waals surface area contributed by atoms with Crippen molar-refractivity contribution >= 4 is 17.3 Å². The maximum absolute atomic E-state index is 6.08. The van der Waals surface area contributed by atoms with Gasteiger partial charge in [0.25, 0.3) is 0 Å². The number of hydrogen-bond donors (Lipinski definition) is 0. The van der Waals surface area contributed by atoms with Crippen LogP contribution in [0.2, 0.25) is 5.02 Å². The Morgan fingerprint density at radius 2 is 1.76 bits per heavy atom. The maximum atomic E-state index is 6.08. The minimum atomic E-state index is 0.778. The molecule has 0 fully saturated rings. The van der Waals surface area contributed by atoms with Crippen molar-refractivity contribution in [2.24, 2.45) is 0 Å². The molecule has 0 aromatic heterocycles. The van der Waals surface area contributed by atoms with Gasteiger partial charge in [-0.3, -0.25) is 0 Å². The van der Waals surface area contributed by atoms with Gasteiger partial charge in [0.15, 0.2) is 0 Å². The monoisotopic (exact) mass is 245 g/mol. The third kappa shape index (κ3) is 2.62. The van der Waals surface area contributed by atoms with Crippen molar-refractivity contribution in [3.8, 4) is 11.1 Å². The second-order valence-electron chi connectivity index (χ2n) is 4.04. The molecule has 0 saturated carbocycles. The fourth-order valence-electron chi connectivity index (χ4n) is 1.85. The van der Waals surface area contributed by atoms with Crippen molar-refractivity contribution in [1.29, 1.82) is 0 Å². The smallest absolute Gasteiger partial charge is 0.0458 e. The first-order valence-electron chi connectivity index (χ1n) is 5.78. The van der Waals surface area contributed by atoms with Crippen LogP contribution in [0.5, 0.6) is 0 Å². The van der Waals surface area contributed by atoms with Gasteiger partial charge < -0.3 is 4.90 Å². The van der Waals surface area contributed by atoms with Gasteiger partial charge in [-0.25, -0.2) is 0 Å². The van der Waals surface area contributed by atoms with E-state index in [9.17, 15) is 0 Å². The van der Waals surface area contributed by atoms with E-state index < -0.39 is 0 Å². The van der Waals surface area contributed by atoms with Crippen molar-refractivity contribution in [2.75, 3.05) is 18.5 Å². The van der Waals surface area contributed by atoms with Gasteiger partial charge in [-0.1, -0.05) is 48.0 Å². The van der Waals surface area contributed by atoms with Crippen LogP contribution in [-0.2, 0) is 0 Å². The number of hydrogen-bond acceptors (Lipinski definition) is 1. The van der Waals surface area contributed by atoms with E-state index >= 15 is 0 Å². The lowest BCUT2D eigenvalue weighted by Crippen LogP contribution is -2.16. The van der Waals surface area contributed by atoms with Gasteiger partial charge in [-0.2, -0.15) is 0 Å². The number of anilines is 1. The van der Waals surface area contributed by atoms with E-state index in [-0.39, 0.29) is 0 Å². The first kappa shape index (κ1) is 12.0. The lowest BCUT2D eigenvalue weighted by Gasteiger charge is -2.21. The second kappa shape index (κ2) is 5.24. The molecule has 0 N–H and O–H groups in total. The summed E-state index contributed by atoms with van der Waals surface area (Å²) in [6.07, 6.45) is 0. The largest absolute Gasteiger partial charge is 0.374 e. The quantitative estimate of drug-likeness (QED) is 0.772. The van der Waals surface area contributed by atoms with Crippen molar-refractivity contribution in [3.05, 3.63) is 53.6 Å². The highest BCUT2D eigenvalue weighted by atomic mass is 35.5. The van der Waals surface area contributed by atoms with E-state index in [4.69, 9.17) is 11.6 Å². The fourth-order valence-corrected chi connectivity index (χ4v) is 2.02. The summed E-state index contributed by atoms with van der Waals surface area (Å²) in [5.41, 5.74) is 3.62. The SMILES string of the molecule is CCN(C)c1cc(Cl)ccc1-c1ccccc1. The highest BCUT2D eigenvalue weighted by Gasteiger charge is 2.08. The Hall–Kier alpha value is -1.47. The molecule has 0 bridgehead atoms. The highest BCUT2D eigenvalue weighted by Crippen LogP contribution is 2.32. The van der Waals surface area contributed by atoms with Gasteiger partial charge in [0, 0.05) is 29.9 Å². The van der Waals surface area contributed by atoms with Crippen LogP contribution in [0.15, 0.2) is 48.5 Å². The fraction of sp³-hybridized carbons (Fsp3) is 0.200. The van der Waals surface area contributed by atoms with Crippen LogP contribution in [0, 0.1) is 0 Å². The number of nitrogens with zero attached hydrogens (tertiary/aromatic N) is 1. The molecule has 2 aromatic carbocycles. The molecule has 0 aliphatic carbocycles. The van der Waals surface area contributed by atoms with Gasteiger partial charge in [0.2, 0.25) is 0 Å². The Bertz CT molecular complexity index is 494. The molecule has 0 aliphatic rings. The van der Waals surface area contributed by atoms with Gasteiger partial charge >= 0.3 is 0 Å². The predicted octanol–water partition coefficient (Wildman–Crippen LogP) is 4.46. The molecule has 0 radical (unpaired) electrons. The summed E-state index contributed by atoms with van der Waals surface area (Å²) < 4.78 is 0. The normalized spacial score (nSPS) is 10.3. The minimum Gasteiger partial charge on any atom is -0.374 e. The summed E-state index contributed by atoms with van der Waals surface area (Å²) in [6.45, 7) is 3.09. The summed E-state index contributed by atoms with van der Waals surface area (Å²) in [4.78, 5) is 2.20. The van der Waals surface area contributed by atoms with E-state index in [0.29, 0.717) is 0 Å². The van der Waals surface area contributed by atoms with Crippen molar-refractivity contribution in [2.45, 2.75) is 6.92 Å². The van der Waals surface area contributed by atoms with Gasteiger partial charge in [-0.15, -0.1) is 0 Å². The Morgan fingerprint density at radius 3 is 2.41 bits per heavy atom. The van der Waals surface area contributed by atoms with Crippen LogP contribution in [-0.4, -0.2) is 13.6 Å². The molecule has 0 aliphatic heterocycles. The summed E-state index contributed by atoms with van der Waals surface area (Å²) in [7, 11) is 2.08. The molecule has 17 heavy (non-hydrogen) atoms. The predicted molar refractivity (Wildman–Crippen MR) is 75.8 cm³/mol. The van der Waals surface area contributed by atoms with Crippen molar-refractivity contribution < 1.29 is 0 Å². The molecule has 2 rings (SSSR count). The number of benzene rings is 2. The summed E-state index contributed by atoms with van der Waals surface area (Å²) in [6, 6.07) is 16.4. The second-order valence-corrected chi connectivity index (χ2v) is 4.48. The van der Waals surface area contributed by atoms with Crippen LogP contribution in [0.4, 0.5) is 5.69 Å². The average molecular weight is 246 g/mol. The standard InChI is InChI=1S/C15H16ClN/c1-3-17(2)15-11-13(16)9-10-14(15)12-7-5-4-6-8-12/h4-11H,3H2,1-2H3. The summed E-state index contributed by atoms with van der Waals surface area (Å²) in [5.74, 6) is 0. The van der Waals surface area contributed by atoms with Crippen LogP contribution < -0.4 is 4.90 Å². The van der Waals surface area contributed by atoms with Crippen LogP contribution >= 0.6 is 11.6 Å². The highest BCUT2D eigenvalue weighted by molar-refractivity contribution is 6.31. The summed E-state index contributed by atoms with van der Waals surface area (Å²) in [5, 5.41) is 0.778. The van der Waals surface area contributed by atoms with Gasteiger partial charge in [0.1, 0.15) is 0 Å². The third-order valence-corrected chi connectivity index (χ3v) is 3.17. The minimum absolute atomic E-state index is 0.778. The van der Waals surface area contributed by atoms with Gasteiger partial charge in [0.05, 0.1) is 0 Å². The Morgan fingerprint density at radius 1 is 1.06 bits per heavy atom. The average Bonchev–Trinajstić information content (AvgIpc) is 2.38.